The first-order chi connectivity index (χ1) is 17.7. The summed E-state index contributed by atoms with van der Waals surface area (Å²) < 4.78 is 62.8. The monoisotopic (exact) mass is 535 g/mol. The van der Waals surface area contributed by atoms with Crippen molar-refractivity contribution in [1.82, 2.24) is 25.3 Å². The average molecular weight is 536 g/mol. The first-order valence-corrected chi connectivity index (χ1v) is 12.2. The largest absolute Gasteiger partial charge is 0.435 e. The second-order valence-electron chi connectivity index (χ2n) is 7.76. The number of nitrogens with zero attached hydrogens (tertiary/aromatic N) is 3. The summed E-state index contributed by atoms with van der Waals surface area (Å²) in [7, 11) is -2.35. The van der Waals surface area contributed by atoms with Crippen LogP contribution in [0, 0.1) is 0 Å². The van der Waals surface area contributed by atoms with Crippen molar-refractivity contribution < 1.29 is 31.2 Å². The Balaban J connectivity index is 0.000000555. The maximum atomic E-state index is 13.3. The van der Waals surface area contributed by atoms with Crippen molar-refractivity contribution in [2.24, 2.45) is 0 Å². The third-order valence-electron chi connectivity index (χ3n) is 5.15. The molecule has 13 heteroatoms. The molecule has 37 heavy (non-hydrogen) atoms. The molecule has 2 heterocycles. The Hall–Kier alpha value is -4.13. The lowest BCUT2D eigenvalue weighted by atomic mass is 10.2. The lowest BCUT2D eigenvalue weighted by Gasteiger charge is -2.15. The Labute approximate surface area is 212 Å². The van der Waals surface area contributed by atoms with Crippen LogP contribution >= 0.6 is 0 Å². The molecule has 2 N–H and O–H groups in total. The number of urea groups is 1. The third kappa shape index (κ3) is 7.93. The van der Waals surface area contributed by atoms with Gasteiger partial charge in [-0.15, -0.1) is 0 Å². The molecule has 0 radical (unpaired) electrons. The van der Waals surface area contributed by atoms with E-state index < -0.39 is 39.7 Å². The van der Waals surface area contributed by atoms with Gasteiger partial charge in [-0.05, 0) is 12.1 Å². The molecule has 0 aliphatic carbocycles. The van der Waals surface area contributed by atoms with Crippen LogP contribution in [0.1, 0.15) is 22.5 Å². The Bertz CT molecular complexity index is 1310. The molecule has 3 amide bonds. The lowest BCUT2D eigenvalue weighted by Crippen LogP contribution is -2.42. The molecule has 0 saturated carbocycles. The van der Waals surface area contributed by atoms with Crippen molar-refractivity contribution in [2.45, 2.75) is 12.6 Å². The number of aromatic nitrogens is 2. The molecule has 1 aliphatic rings. The van der Waals surface area contributed by atoms with Gasteiger partial charge in [0.25, 0.3) is 5.91 Å². The van der Waals surface area contributed by atoms with Crippen molar-refractivity contribution in [3.8, 4) is 5.69 Å². The van der Waals surface area contributed by atoms with Gasteiger partial charge < -0.3 is 15.5 Å². The number of carbonyl (C=O) groups excluding carboxylic acids is 2. The first kappa shape index (κ1) is 27.5. The van der Waals surface area contributed by atoms with Gasteiger partial charge in [0.05, 0.1) is 22.7 Å². The van der Waals surface area contributed by atoms with Crippen LogP contribution in [0.2, 0.25) is 0 Å². The van der Waals surface area contributed by atoms with Gasteiger partial charge in [-0.25, -0.2) is 9.48 Å². The molecule has 2 aromatic carbocycles. The van der Waals surface area contributed by atoms with E-state index in [2.05, 4.69) is 15.7 Å². The van der Waals surface area contributed by atoms with Crippen LogP contribution in [0.25, 0.3) is 5.69 Å². The summed E-state index contributed by atoms with van der Waals surface area (Å²) in [5, 5.41) is 8.31. The van der Waals surface area contributed by atoms with E-state index in [-0.39, 0.29) is 37.5 Å². The van der Waals surface area contributed by atoms with Crippen molar-refractivity contribution in [3.63, 3.8) is 0 Å². The Kier molecular flexibility index (Phi) is 9.44. The zero-order valence-electron chi connectivity index (χ0n) is 19.5. The summed E-state index contributed by atoms with van der Waals surface area (Å²) in [6, 6.07) is 19.5. The fourth-order valence-corrected chi connectivity index (χ4v) is 3.86. The normalized spacial score (nSPS) is 12.9. The first-order valence-electron chi connectivity index (χ1n) is 11.1. The summed E-state index contributed by atoms with van der Waals surface area (Å²) in [5.41, 5.74) is -1.59. The zero-order valence-corrected chi connectivity index (χ0v) is 20.3. The number of nitrogens with one attached hydrogen (secondary N) is 2. The van der Waals surface area contributed by atoms with Crippen molar-refractivity contribution in [3.05, 3.63) is 84.2 Å². The van der Waals surface area contributed by atoms with Gasteiger partial charge >= 0.3 is 12.2 Å². The zero-order chi connectivity index (χ0) is 26.8. The Morgan fingerprint density at radius 2 is 1.49 bits per heavy atom. The predicted molar refractivity (Wildman–Crippen MR) is 131 cm³/mol. The minimum atomic E-state index is -4.83. The smallest absolute Gasteiger partial charge is 0.350 e. The predicted octanol–water partition coefficient (Wildman–Crippen LogP) is 2.77. The van der Waals surface area contributed by atoms with Crippen LogP contribution in [0.3, 0.4) is 0 Å². The van der Waals surface area contributed by atoms with Crippen molar-refractivity contribution in [1.29, 1.82) is 0 Å². The lowest BCUT2D eigenvalue weighted by molar-refractivity contribution is -0.141. The summed E-state index contributed by atoms with van der Waals surface area (Å²) in [6.45, 7) is 0.0539. The quantitative estimate of drug-likeness (QED) is 0.385. The number of benzene rings is 2. The van der Waals surface area contributed by atoms with Crippen LogP contribution in [-0.4, -0.2) is 66.1 Å². The molecular formula is C24H24F3N5O4S. The summed E-state index contributed by atoms with van der Waals surface area (Å²) in [5.74, 6) is -0.984. The molecule has 0 bridgehead atoms. The molecule has 1 aromatic heterocycles. The molecule has 1 saturated heterocycles. The maximum Gasteiger partial charge on any atom is 0.435 e. The van der Waals surface area contributed by atoms with E-state index in [0.717, 1.165) is 10.9 Å². The summed E-state index contributed by atoms with van der Waals surface area (Å²) >= 11 is 0. The molecule has 4 rings (SSSR count). The van der Waals surface area contributed by atoms with Crippen molar-refractivity contribution in [2.75, 3.05) is 26.2 Å². The molecule has 1 fully saturated rings. The second-order valence-corrected chi connectivity index (χ2v) is 8.80. The number of para-hydroxylation sites is 1. The van der Waals surface area contributed by atoms with Gasteiger partial charge in [0.2, 0.25) is 10.3 Å². The molecule has 0 spiro atoms. The van der Waals surface area contributed by atoms with E-state index in [4.69, 9.17) is 0 Å². The van der Waals surface area contributed by atoms with E-state index in [1.165, 1.54) is 4.90 Å². The Morgan fingerprint density at radius 3 is 2.03 bits per heavy atom. The number of likely N-dealkylation sites (tertiary alicyclic amines) is 1. The molecule has 9 nitrogen and oxygen atoms in total. The number of hydrogen-bond donors (Lipinski definition) is 2. The SMILES string of the molecule is O=C(NCCNC(=O)N1CCC(=S(=O)=O)C1)c1cn(-c2ccccc2)nc1C(F)(F)F.c1ccccc1. The van der Waals surface area contributed by atoms with E-state index in [0.29, 0.717) is 5.69 Å². The van der Waals surface area contributed by atoms with Crippen LogP contribution < -0.4 is 10.6 Å². The van der Waals surface area contributed by atoms with E-state index >= 15 is 0 Å². The van der Waals surface area contributed by atoms with Gasteiger partial charge in [0.1, 0.15) is 0 Å². The Morgan fingerprint density at radius 1 is 0.919 bits per heavy atom. The van der Waals surface area contributed by atoms with E-state index in [9.17, 15) is 31.2 Å². The second kappa shape index (κ2) is 12.7. The highest BCUT2D eigenvalue weighted by atomic mass is 32.2. The average Bonchev–Trinajstić information content (AvgIpc) is 3.57. The molecule has 0 atom stereocenters. The number of halogens is 3. The highest BCUT2D eigenvalue weighted by molar-refractivity contribution is 7.73. The van der Waals surface area contributed by atoms with Gasteiger partial charge in [-0.3, -0.25) is 4.79 Å². The summed E-state index contributed by atoms with van der Waals surface area (Å²) in [6.07, 6.45) is -3.57. The number of carbonyl (C=O) groups is 2. The standard InChI is InChI=1S/C18H18F3N5O4S.C6H6/c19-18(20,21)15-14(11-26(24-15)12-4-2-1-3-5-12)16(27)22-7-8-23-17(28)25-9-6-13(10-25)31(29)30;1-2-4-6-5-3-1/h1-5,11H,6-10H2,(H,22,27)(H,23,28);1-6H. The third-order valence-corrected chi connectivity index (χ3v) is 5.96. The summed E-state index contributed by atoms with van der Waals surface area (Å²) in [4.78, 5) is 25.8. The number of amides is 3. The van der Waals surface area contributed by atoms with Crippen LogP contribution in [-0.2, 0) is 16.5 Å². The van der Waals surface area contributed by atoms with E-state index in [1.54, 1.807) is 30.3 Å². The van der Waals surface area contributed by atoms with Gasteiger partial charge in [-0.1, -0.05) is 54.6 Å². The number of rotatable bonds is 5. The molecule has 196 valence electrons. The maximum absolute atomic E-state index is 13.3. The van der Waals surface area contributed by atoms with Gasteiger partial charge in [-0.2, -0.15) is 26.7 Å². The van der Waals surface area contributed by atoms with Crippen LogP contribution in [0.4, 0.5) is 18.0 Å². The molecule has 3 aromatic rings. The fourth-order valence-electron chi connectivity index (χ4n) is 3.34. The number of alkyl halides is 3. The minimum Gasteiger partial charge on any atom is -0.350 e. The highest BCUT2D eigenvalue weighted by Crippen LogP contribution is 2.31. The van der Waals surface area contributed by atoms with E-state index in [1.807, 2.05) is 36.4 Å². The molecular weight excluding hydrogens is 511 g/mol. The van der Waals surface area contributed by atoms with Crippen LogP contribution in [0.15, 0.2) is 72.9 Å². The highest BCUT2D eigenvalue weighted by Gasteiger charge is 2.39. The fraction of sp³-hybridized carbons (Fsp3) is 0.250. The van der Waals surface area contributed by atoms with Crippen LogP contribution in [0.5, 0.6) is 0 Å². The van der Waals surface area contributed by atoms with Crippen molar-refractivity contribution >= 4 is 27.1 Å². The minimum absolute atomic E-state index is 0.0120. The van der Waals surface area contributed by atoms with Gasteiger partial charge in [0, 0.05) is 32.3 Å². The number of hydrogen-bond acceptors (Lipinski definition) is 5. The van der Waals surface area contributed by atoms with Gasteiger partial charge in [0.15, 0.2) is 5.69 Å². The molecule has 1 aliphatic heterocycles. The molecule has 0 unspecified atom stereocenters. The topological polar surface area (TPSA) is 113 Å².